The van der Waals surface area contributed by atoms with Gasteiger partial charge in [0.15, 0.2) is 11.2 Å². The van der Waals surface area contributed by atoms with E-state index in [2.05, 4.69) is 5.32 Å². The summed E-state index contributed by atoms with van der Waals surface area (Å²) in [7, 11) is 3.02. The average Bonchev–Trinajstić information content (AvgIpc) is 2.61. The summed E-state index contributed by atoms with van der Waals surface area (Å²) in [5, 5.41) is 3.09. The van der Waals surface area contributed by atoms with Gasteiger partial charge in [0, 0.05) is 12.1 Å². The highest BCUT2D eigenvalue weighted by Gasteiger charge is 2.15. The molecule has 0 atom stereocenters. The zero-order valence-corrected chi connectivity index (χ0v) is 13.2. The van der Waals surface area contributed by atoms with Crippen LogP contribution in [0.3, 0.4) is 0 Å². The van der Waals surface area contributed by atoms with Gasteiger partial charge in [0.2, 0.25) is 0 Å². The summed E-state index contributed by atoms with van der Waals surface area (Å²) in [4.78, 5) is 24.5. The van der Waals surface area contributed by atoms with Crippen molar-refractivity contribution in [3.8, 4) is 11.5 Å². The van der Waals surface area contributed by atoms with Crippen LogP contribution >= 0.6 is 0 Å². The van der Waals surface area contributed by atoms with Crippen molar-refractivity contribution < 1.29 is 18.7 Å². The van der Waals surface area contributed by atoms with Gasteiger partial charge in [-0.15, -0.1) is 0 Å². The minimum Gasteiger partial charge on any atom is -0.497 e. The predicted molar refractivity (Wildman–Crippen MR) is 90.0 cm³/mol. The number of amides is 1. The molecule has 0 unspecified atom stereocenters. The van der Waals surface area contributed by atoms with E-state index in [4.69, 9.17) is 13.9 Å². The molecule has 0 fully saturated rings. The number of hydrogen-bond donors (Lipinski definition) is 1. The van der Waals surface area contributed by atoms with E-state index < -0.39 is 5.91 Å². The summed E-state index contributed by atoms with van der Waals surface area (Å²) in [6, 6.07) is 12.9. The number of methoxy groups -OCH3 is 2. The maximum atomic E-state index is 12.4. The Morgan fingerprint density at radius 3 is 2.58 bits per heavy atom. The fraction of sp³-hybridized carbons (Fsp3) is 0.111. The minimum absolute atomic E-state index is 0.0800. The van der Waals surface area contributed by atoms with Gasteiger partial charge in [0.05, 0.1) is 25.3 Å². The molecule has 3 aromatic rings. The van der Waals surface area contributed by atoms with Gasteiger partial charge in [-0.05, 0) is 24.3 Å². The number of carbonyl (C=O) groups is 1. The highest BCUT2D eigenvalue weighted by Crippen LogP contribution is 2.29. The van der Waals surface area contributed by atoms with Gasteiger partial charge in [-0.3, -0.25) is 9.59 Å². The SMILES string of the molecule is COc1ccc(OC)c(NC(=O)c2cc(=O)c3ccccc3o2)c1. The summed E-state index contributed by atoms with van der Waals surface area (Å²) < 4.78 is 15.9. The lowest BCUT2D eigenvalue weighted by Crippen LogP contribution is -2.15. The van der Waals surface area contributed by atoms with E-state index >= 15 is 0 Å². The molecule has 1 amide bonds. The van der Waals surface area contributed by atoms with Gasteiger partial charge in [0.25, 0.3) is 5.91 Å². The fourth-order valence-electron chi connectivity index (χ4n) is 2.31. The number of anilines is 1. The molecular weight excluding hydrogens is 310 g/mol. The molecule has 1 N–H and O–H groups in total. The number of rotatable bonds is 4. The Kier molecular flexibility index (Phi) is 4.20. The van der Waals surface area contributed by atoms with Crippen LogP contribution in [-0.2, 0) is 0 Å². The lowest BCUT2D eigenvalue weighted by molar-refractivity contribution is 0.0997. The van der Waals surface area contributed by atoms with E-state index in [0.29, 0.717) is 28.2 Å². The third-order valence-electron chi connectivity index (χ3n) is 3.51. The van der Waals surface area contributed by atoms with Gasteiger partial charge in [-0.25, -0.2) is 0 Å². The number of ether oxygens (including phenoxy) is 2. The minimum atomic E-state index is -0.551. The summed E-state index contributed by atoms with van der Waals surface area (Å²) in [5.74, 6) is 0.395. The molecule has 1 heterocycles. The molecule has 6 heteroatoms. The molecule has 0 saturated heterocycles. The van der Waals surface area contributed by atoms with Crippen LogP contribution < -0.4 is 20.2 Å². The molecule has 0 aliphatic carbocycles. The van der Waals surface area contributed by atoms with Crippen LogP contribution in [0.25, 0.3) is 11.0 Å². The Balaban J connectivity index is 1.97. The lowest BCUT2D eigenvalue weighted by atomic mass is 10.2. The van der Waals surface area contributed by atoms with Crippen LogP contribution in [0.1, 0.15) is 10.6 Å². The highest BCUT2D eigenvalue weighted by molar-refractivity contribution is 6.03. The molecule has 24 heavy (non-hydrogen) atoms. The maximum absolute atomic E-state index is 12.4. The largest absolute Gasteiger partial charge is 0.497 e. The van der Waals surface area contributed by atoms with E-state index in [0.717, 1.165) is 0 Å². The van der Waals surface area contributed by atoms with E-state index in [1.807, 2.05) is 0 Å². The molecule has 0 saturated carbocycles. The second kappa shape index (κ2) is 6.45. The third-order valence-corrected chi connectivity index (χ3v) is 3.51. The topological polar surface area (TPSA) is 77.8 Å². The van der Waals surface area contributed by atoms with E-state index in [1.165, 1.54) is 20.3 Å². The molecular formula is C18H15NO5. The number of para-hydroxylation sites is 1. The van der Waals surface area contributed by atoms with E-state index in [1.54, 1.807) is 42.5 Å². The molecule has 0 aliphatic rings. The Morgan fingerprint density at radius 1 is 1.04 bits per heavy atom. The van der Waals surface area contributed by atoms with Crippen LogP contribution in [0.4, 0.5) is 5.69 Å². The quantitative estimate of drug-likeness (QED) is 0.797. The molecule has 0 aliphatic heterocycles. The molecule has 0 radical (unpaired) electrons. The van der Waals surface area contributed by atoms with Crippen molar-refractivity contribution in [3.05, 3.63) is 64.5 Å². The average molecular weight is 325 g/mol. The van der Waals surface area contributed by atoms with Gasteiger partial charge < -0.3 is 19.2 Å². The Morgan fingerprint density at radius 2 is 1.83 bits per heavy atom. The van der Waals surface area contributed by atoms with Crippen molar-refractivity contribution in [2.45, 2.75) is 0 Å². The molecule has 3 rings (SSSR count). The Hall–Kier alpha value is -3.28. The fourth-order valence-corrected chi connectivity index (χ4v) is 2.31. The van der Waals surface area contributed by atoms with Gasteiger partial charge in [-0.2, -0.15) is 0 Å². The summed E-state index contributed by atoms with van der Waals surface area (Å²) in [5.41, 5.74) is 0.491. The molecule has 2 aromatic carbocycles. The number of benzene rings is 2. The summed E-state index contributed by atoms with van der Waals surface area (Å²) >= 11 is 0. The molecule has 0 spiro atoms. The van der Waals surface area contributed by atoms with Gasteiger partial charge in [-0.1, -0.05) is 12.1 Å². The predicted octanol–water partition coefficient (Wildman–Crippen LogP) is 3.06. The van der Waals surface area contributed by atoms with Crippen molar-refractivity contribution in [2.24, 2.45) is 0 Å². The lowest BCUT2D eigenvalue weighted by Gasteiger charge is -2.11. The molecule has 6 nitrogen and oxygen atoms in total. The Labute approximate surface area is 137 Å². The summed E-state index contributed by atoms with van der Waals surface area (Å²) in [6.45, 7) is 0. The van der Waals surface area contributed by atoms with Crippen molar-refractivity contribution in [1.29, 1.82) is 0 Å². The van der Waals surface area contributed by atoms with Crippen LogP contribution in [0, 0.1) is 0 Å². The third kappa shape index (κ3) is 2.94. The smallest absolute Gasteiger partial charge is 0.291 e. The van der Waals surface area contributed by atoms with E-state index in [9.17, 15) is 9.59 Å². The first kappa shape index (κ1) is 15.6. The van der Waals surface area contributed by atoms with Crippen LogP contribution in [0.2, 0.25) is 0 Å². The van der Waals surface area contributed by atoms with Crippen LogP contribution in [0.5, 0.6) is 11.5 Å². The number of nitrogens with one attached hydrogen (secondary N) is 1. The molecule has 1 aromatic heterocycles. The van der Waals surface area contributed by atoms with Gasteiger partial charge in [0.1, 0.15) is 17.1 Å². The zero-order chi connectivity index (χ0) is 17.1. The van der Waals surface area contributed by atoms with Crippen molar-refractivity contribution >= 4 is 22.6 Å². The first-order valence-electron chi connectivity index (χ1n) is 7.18. The van der Waals surface area contributed by atoms with Gasteiger partial charge >= 0.3 is 0 Å². The number of hydrogen-bond acceptors (Lipinski definition) is 5. The monoisotopic (exact) mass is 325 g/mol. The van der Waals surface area contributed by atoms with Crippen LogP contribution in [-0.4, -0.2) is 20.1 Å². The van der Waals surface area contributed by atoms with Crippen LogP contribution in [0.15, 0.2) is 57.7 Å². The molecule has 0 bridgehead atoms. The molecule has 122 valence electrons. The second-order valence-corrected chi connectivity index (χ2v) is 4.99. The Bertz CT molecular complexity index is 961. The first-order chi connectivity index (χ1) is 11.6. The normalized spacial score (nSPS) is 10.4. The number of carbonyl (C=O) groups excluding carboxylic acids is 1. The second-order valence-electron chi connectivity index (χ2n) is 4.99. The number of fused-ring (bicyclic) bond motifs is 1. The summed E-state index contributed by atoms with van der Waals surface area (Å²) in [6.07, 6.45) is 0. The van der Waals surface area contributed by atoms with E-state index in [-0.39, 0.29) is 11.2 Å². The van der Waals surface area contributed by atoms with Crippen molar-refractivity contribution in [2.75, 3.05) is 19.5 Å². The van der Waals surface area contributed by atoms with Crippen molar-refractivity contribution in [3.63, 3.8) is 0 Å². The maximum Gasteiger partial charge on any atom is 0.291 e. The standard InChI is InChI=1S/C18H15NO5/c1-22-11-7-8-16(23-2)13(9-11)19-18(21)17-10-14(20)12-5-3-4-6-15(12)24-17/h3-10H,1-2H3,(H,19,21). The highest BCUT2D eigenvalue weighted by atomic mass is 16.5. The zero-order valence-electron chi connectivity index (χ0n) is 13.2. The first-order valence-corrected chi connectivity index (χ1v) is 7.18. The van der Waals surface area contributed by atoms with Crippen molar-refractivity contribution in [1.82, 2.24) is 0 Å².